The van der Waals surface area contributed by atoms with Crippen LogP contribution in [0.4, 0.5) is 5.69 Å². The number of amides is 2. The van der Waals surface area contributed by atoms with Gasteiger partial charge in [-0.05, 0) is 25.0 Å². The van der Waals surface area contributed by atoms with Crippen LogP contribution in [0, 0.1) is 11.8 Å². The van der Waals surface area contributed by atoms with E-state index in [9.17, 15) is 9.59 Å². The molecule has 1 fully saturated rings. The third kappa shape index (κ3) is 1.70. The molecule has 2 atom stereocenters. The van der Waals surface area contributed by atoms with Crippen LogP contribution in [0.25, 0.3) is 0 Å². The minimum Gasteiger partial charge on any atom is -0.273 e. The molecule has 2 amide bonds. The zero-order valence-electron chi connectivity index (χ0n) is 9.87. The Labute approximate surface area is 105 Å². The molecule has 2 unspecified atom stereocenters. The summed E-state index contributed by atoms with van der Waals surface area (Å²) in [6.45, 7) is 0. The van der Waals surface area contributed by atoms with E-state index in [4.69, 9.17) is 0 Å². The summed E-state index contributed by atoms with van der Waals surface area (Å²) in [4.78, 5) is 24.4. The predicted molar refractivity (Wildman–Crippen MR) is 67.4 cm³/mol. The van der Waals surface area contributed by atoms with Crippen molar-refractivity contribution in [3.63, 3.8) is 0 Å². The number of allylic oxidation sites excluding steroid dienone is 2. The zero-order chi connectivity index (χ0) is 12.5. The second-order valence-corrected chi connectivity index (χ2v) is 4.64. The van der Waals surface area contributed by atoms with Crippen LogP contribution in [-0.2, 0) is 9.59 Å². The molecule has 1 aromatic carbocycles. The van der Waals surface area contributed by atoms with Crippen LogP contribution in [0.2, 0.25) is 0 Å². The Hall–Kier alpha value is -2.10. The van der Waals surface area contributed by atoms with Crippen molar-refractivity contribution in [2.75, 3.05) is 5.01 Å². The number of para-hydroxylation sites is 1. The third-order valence-corrected chi connectivity index (χ3v) is 3.54. The van der Waals surface area contributed by atoms with Gasteiger partial charge < -0.3 is 0 Å². The van der Waals surface area contributed by atoms with Crippen molar-refractivity contribution in [2.45, 2.75) is 12.8 Å². The summed E-state index contributed by atoms with van der Waals surface area (Å²) in [7, 11) is 0. The summed E-state index contributed by atoms with van der Waals surface area (Å²) in [5.41, 5.74) is 3.40. The van der Waals surface area contributed by atoms with E-state index in [1.54, 1.807) is 0 Å². The van der Waals surface area contributed by atoms with Crippen LogP contribution < -0.4 is 10.4 Å². The Balaban J connectivity index is 1.92. The normalized spacial score (nSPS) is 26.8. The molecule has 18 heavy (non-hydrogen) atoms. The standard InChI is InChI=1S/C14H14N2O2/c17-13-11-8-4-5-9-12(11)14(18)16(15-13)10-6-2-1-3-7-10/h1-7,11-12H,8-9H2,(H,15,17). The molecule has 4 heteroatoms. The Kier molecular flexibility index (Phi) is 2.63. The average molecular weight is 242 g/mol. The summed E-state index contributed by atoms with van der Waals surface area (Å²) in [6, 6.07) is 9.21. The number of carbonyl (C=O) groups is 2. The largest absolute Gasteiger partial charge is 0.273 e. The van der Waals surface area contributed by atoms with Gasteiger partial charge in [0.2, 0.25) is 11.8 Å². The highest BCUT2D eigenvalue weighted by molar-refractivity contribution is 6.04. The molecule has 0 aromatic heterocycles. The van der Waals surface area contributed by atoms with E-state index in [1.165, 1.54) is 5.01 Å². The van der Waals surface area contributed by atoms with E-state index >= 15 is 0 Å². The van der Waals surface area contributed by atoms with Crippen molar-refractivity contribution in [2.24, 2.45) is 11.8 Å². The molecule has 4 nitrogen and oxygen atoms in total. The summed E-state index contributed by atoms with van der Waals surface area (Å²) in [6.07, 6.45) is 5.28. The van der Waals surface area contributed by atoms with E-state index in [2.05, 4.69) is 5.43 Å². The lowest BCUT2D eigenvalue weighted by molar-refractivity contribution is -0.139. The fraction of sp³-hybridized carbons (Fsp3) is 0.286. The maximum absolute atomic E-state index is 12.4. The molecule has 0 radical (unpaired) electrons. The maximum Gasteiger partial charge on any atom is 0.249 e. The van der Waals surface area contributed by atoms with Crippen LogP contribution >= 0.6 is 0 Å². The molecule has 1 heterocycles. The average Bonchev–Trinajstić information content (AvgIpc) is 2.44. The van der Waals surface area contributed by atoms with Crippen molar-refractivity contribution in [1.82, 2.24) is 5.43 Å². The van der Waals surface area contributed by atoms with Crippen molar-refractivity contribution in [3.05, 3.63) is 42.5 Å². The smallest absolute Gasteiger partial charge is 0.249 e. The van der Waals surface area contributed by atoms with E-state index in [1.807, 2.05) is 42.5 Å². The summed E-state index contributed by atoms with van der Waals surface area (Å²) >= 11 is 0. The van der Waals surface area contributed by atoms with Gasteiger partial charge >= 0.3 is 0 Å². The van der Waals surface area contributed by atoms with E-state index in [-0.39, 0.29) is 23.7 Å². The summed E-state index contributed by atoms with van der Waals surface area (Å²) in [5.74, 6) is -0.505. The van der Waals surface area contributed by atoms with Gasteiger partial charge in [-0.1, -0.05) is 30.4 Å². The Bertz CT molecular complexity index is 510. The first-order chi connectivity index (χ1) is 8.77. The number of nitrogens with one attached hydrogen (secondary N) is 1. The van der Waals surface area contributed by atoms with E-state index < -0.39 is 0 Å². The molecule has 1 aliphatic carbocycles. The molecule has 1 saturated heterocycles. The quantitative estimate of drug-likeness (QED) is 0.761. The molecule has 0 bridgehead atoms. The van der Waals surface area contributed by atoms with Crippen LogP contribution in [0.3, 0.4) is 0 Å². The number of hydrazine groups is 1. The second-order valence-electron chi connectivity index (χ2n) is 4.64. The number of anilines is 1. The highest BCUT2D eigenvalue weighted by atomic mass is 16.2. The summed E-state index contributed by atoms with van der Waals surface area (Å²) < 4.78 is 0. The highest BCUT2D eigenvalue weighted by Gasteiger charge is 2.42. The maximum atomic E-state index is 12.4. The summed E-state index contributed by atoms with van der Waals surface area (Å²) in [5, 5.41) is 1.38. The fourth-order valence-electron chi connectivity index (χ4n) is 2.56. The number of carbonyl (C=O) groups excluding carboxylic acids is 2. The fourth-order valence-corrected chi connectivity index (χ4v) is 2.56. The van der Waals surface area contributed by atoms with Gasteiger partial charge in [-0.2, -0.15) is 0 Å². The number of fused-ring (bicyclic) bond motifs is 1. The number of hydrogen-bond donors (Lipinski definition) is 1. The van der Waals surface area contributed by atoms with E-state index in [0.29, 0.717) is 18.5 Å². The molecule has 0 spiro atoms. The van der Waals surface area contributed by atoms with Crippen molar-refractivity contribution in [3.8, 4) is 0 Å². The highest BCUT2D eigenvalue weighted by Crippen LogP contribution is 2.32. The molecule has 0 saturated carbocycles. The molecule has 1 aliphatic heterocycles. The van der Waals surface area contributed by atoms with Gasteiger partial charge in [0.1, 0.15) is 0 Å². The predicted octanol–water partition coefficient (Wildman–Crippen LogP) is 1.65. The third-order valence-electron chi connectivity index (χ3n) is 3.54. The SMILES string of the molecule is O=C1NN(c2ccccc2)C(=O)C2CC=CCC12. The van der Waals surface area contributed by atoms with Crippen LogP contribution in [0.15, 0.2) is 42.5 Å². The van der Waals surface area contributed by atoms with Crippen molar-refractivity contribution >= 4 is 17.5 Å². The second kappa shape index (κ2) is 4.29. The minimum atomic E-state index is -0.219. The van der Waals surface area contributed by atoms with Gasteiger partial charge in [-0.3, -0.25) is 15.0 Å². The monoisotopic (exact) mass is 242 g/mol. The van der Waals surface area contributed by atoms with Gasteiger partial charge in [0.25, 0.3) is 0 Å². The van der Waals surface area contributed by atoms with Crippen LogP contribution in [0.1, 0.15) is 12.8 Å². The molecule has 1 N–H and O–H groups in total. The van der Waals surface area contributed by atoms with Crippen molar-refractivity contribution in [1.29, 1.82) is 0 Å². The Morgan fingerprint density at radius 2 is 1.67 bits per heavy atom. The Morgan fingerprint density at radius 3 is 2.39 bits per heavy atom. The number of nitrogens with zero attached hydrogens (tertiary/aromatic N) is 1. The van der Waals surface area contributed by atoms with E-state index in [0.717, 1.165) is 0 Å². The lowest BCUT2D eigenvalue weighted by Gasteiger charge is -2.38. The first kappa shape index (κ1) is 11.0. The van der Waals surface area contributed by atoms with Gasteiger partial charge in [0, 0.05) is 0 Å². The number of rotatable bonds is 1. The van der Waals surface area contributed by atoms with Gasteiger partial charge in [-0.25, -0.2) is 5.01 Å². The molecule has 92 valence electrons. The number of hydrogen-bond acceptors (Lipinski definition) is 2. The zero-order valence-corrected chi connectivity index (χ0v) is 9.87. The van der Waals surface area contributed by atoms with Crippen molar-refractivity contribution < 1.29 is 9.59 Å². The van der Waals surface area contributed by atoms with Gasteiger partial charge in [0.05, 0.1) is 17.5 Å². The molecular formula is C14H14N2O2. The molecule has 3 rings (SSSR count). The Morgan fingerprint density at radius 1 is 1.00 bits per heavy atom. The van der Waals surface area contributed by atoms with Crippen LogP contribution in [0.5, 0.6) is 0 Å². The lowest BCUT2D eigenvalue weighted by Crippen LogP contribution is -2.59. The molecule has 1 aromatic rings. The van der Waals surface area contributed by atoms with Gasteiger partial charge in [0.15, 0.2) is 0 Å². The molecular weight excluding hydrogens is 228 g/mol. The minimum absolute atomic E-state index is 0.0184. The first-order valence-electron chi connectivity index (χ1n) is 6.12. The lowest BCUT2D eigenvalue weighted by atomic mass is 9.80. The van der Waals surface area contributed by atoms with Gasteiger partial charge in [-0.15, -0.1) is 0 Å². The van der Waals surface area contributed by atoms with Crippen LogP contribution in [-0.4, -0.2) is 11.8 Å². The number of benzene rings is 1. The first-order valence-corrected chi connectivity index (χ1v) is 6.12. The topological polar surface area (TPSA) is 49.4 Å². The molecule has 2 aliphatic rings.